The van der Waals surface area contributed by atoms with E-state index < -0.39 is 34.1 Å². The van der Waals surface area contributed by atoms with Gasteiger partial charge in [0.25, 0.3) is 10.0 Å². The third kappa shape index (κ3) is 7.92. The Bertz CT molecular complexity index is 1480. The Morgan fingerprint density at radius 1 is 0.927 bits per heavy atom. The van der Waals surface area contributed by atoms with Gasteiger partial charge in [0.2, 0.25) is 11.8 Å². The van der Waals surface area contributed by atoms with E-state index >= 15 is 0 Å². The van der Waals surface area contributed by atoms with Crippen molar-refractivity contribution in [3.63, 3.8) is 0 Å². The molecule has 0 radical (unpaired) electrons. The largest absolute Gasteiger partial charge is 0.493 e. The lowest BCUT2D eigenvalue weighted by Crippen LogP contribution is -2.54. The van der Waals surface area contributed by atoms with Crippen molar-refractivity contribution in [2.45, 2.75) is 50.7 Å². The number of carbonyl (C=O) groups excluding carboxylic acids is 2. The number of sulfonamides is 1. The number of carbonyl (C=O) groups is 2. The quantitative estimate of drug-likeness (QED) is 0.336. The lowest BCUT2D eigenvalue weighted by Gasteiger charge is -2.33. The van der Waals surface area contributed by atoms with Crippen LogP contribution in [0.25, 0.3) is 0 Å². The number of benzene rings is 3. The number of hydrogen-bond donors (Lipinski definition) is 1. The molecule has 1 atom stereocenters. The van der Waals surface area contributed by atoms with E-state index in [4.69, 9.17) is 21.1 Å². The normalized spacial score (nSPS) is 12.3. The molecular weight excluding hydrogens is 566 g/mol. The molecule has 0 aliphatic rings. The first kappa shape index (κ1) is 31.8. The molecule has 0 spiro atoms. The molecule has 0 unspecified atom stereocenters. The smallest absolute Gasteiger partial charge is 0.264 e. The summed E-state index contributed by atoms with van der Waals surface area (Å²) < 4.78 is 39.6. The first-order chi connectivity index (χ1) is 19.3. The number of amides is 2. The van der Waals surface area contributed by atoms with Crippen LogP contribution >= 0.6 is 11.6 Å². The summed E-state index contributed by atoms with van der Waals surface area (Å²) in [5.74, 6) is -0.304. The third-order valence-electron chi connectivity index (χ3n) is 6.23. The Kier molecular flexibility index (Phi) is 10.3. The topological polar surface area (TPSA) is 105 Å². The number of nitrogens with one attached hydrogen (secondary N) is 1. The van der Waals surface area contributed by atoms with Crippen LogP contribution in [0.2, 0.25) is 5.02 Å². The summed E-state index contributed by atoms with van der Waals surface area (Å²) in [4.78, 5) is 28.6. The molecule has 0 bridgehead atoms. The minimum Gasteiger partial charge on any atom is -0.493 e. The molecule has 220 valence electrons. The fourth-order valence-electron chi connectivity index (χ4n) is 4.10. The van der Waals surface area contributed by atoms with Crippen molar-refractivity contribution >= 4 is 39.1 Å². The van der Waals surface area contributed by atoms with Gasteiger partial charge in [-0.25, -0.2) is 8.42 Å². The summed E-state index contributed by atoms with van der Waals surface area (Å²) in [6.45, 7) is 6.50. The van der Waals surface area contributed by atoms with Crippen molar-refractivity contribution in [1.82, 2.24) is 10.2 Å². The lowest BCUT2D eigenvalue weighted by atomic mass is 10.1. The number of rotatable bonds is 11. The molecule has 9 nitrogen and oxygen atoms in total. The summed E-state index contributed by atoms with van der Waals surface area (Å²) in [7, 11) is -1.32. The van der Waals surface area contributed by atoms with Crippen molar-refractivity contribution in [2.24, 2.45) is 0 Å². The molecule has 41 heavy (non-hydrogen) atoms. The first-order valence-electron chi connectivity index (χ1n) is 12.9. The molecule has 0 aliphatic carbocycles. The average Bonchev–Trinajstić information content (AvgIpc) is 2.94. The van der Waals surface area contributed by atoms with Gasteiger partial charge in [0, 0.05) is 23.2 Å². The minimum atomic E-state index is -4.22. The molecule has 0 saturated heterocycles. The van der Waals surface area contributed by atoms with E-state index in [9.17, 15) is 18.0 Å². The molecule has 2 amide bonds. The number of anilines is 1. The van der Waals surface area contributed by atoms with Crippen molar-refractivity contribution in [2.75, 3.05) is 25.1 Å². The molecule has 1 N–H and O–H groups in total. The SMILES string of the molecule is COc1ccc(N(CC(=O)N(Cc2ccccc2Cl)[C@H](C)C(=O)NC(C)(C)C)S(=O)(=O)c2ccccc2)cc1OC. The van der Waals surface area contributed by atoms with Gasteiger partial charge in [-0.15, -0.1) is 0 Å². The van der Waals surface area contributed by atoms with Gasteiger partial charge < -0.3 is 19.7 Å². The van der Waals surface area contributed by atoms with Crippen LogP contribution in [0.5, 0.6) is 11.5 Å². The molecule has 11 heteroatoms. The second-order valence-corrected chi connectivity index (χ2v) is 12.7. The number of nitrogens with zero attached hydrogens (tertiary/aromatic N) is 2. The van der Waals surface area contributed by atoms with Gasteiger partial charge in [0.15, 0.2) is 11.5 Å². The third-order valence-corrected chi connectivity index (χ3v) is 8.39. The summed E-state index contributed by atoms with van der Waals surface area (Å²) in [6, 6.07) is 18.4. The number of halogens is 1. The van der Waals surface area contributed by atoms with Crippen LogP contribution in [-0.4, -0.2) is 57.5 Å². The van der Waals surface area contributed by atoms with Crippen molar-refractivity contribution in [1.29, 1.82) is 0 Å². The fraction of sp³-hybridized carbons (Fsp3) is 0.333. The van der Waals surface area contributed by atoms with E-state index in [1.807, 2.05) is 20.8 Å². The van der Waals surface area contributed by atoms with Gasteiger partial charge in [-0.1, -0.05) is 48.0 Å². The fourth-order valence-corrected chi connectivity index (χ4v) is 5.72. The summed E-state index contributed by atoms with van der Waals surface area (Å²) in [5, 5.41) is 3.31. The van der Waals surface area contributed by atoms with Crippen LogP contribution < -0.4 is 19.1 Å². The van der Waals surface area contributed by atoms with E-state index in [0.717, 1.165) is 4.31 Å². The van der Waals surface area contributed by atoms with E-state index in [1.165, 1.54) is 43.4 Å². The van der Waals surface area contributed by atoms with E-state index in [1.54, 1.807) is 55.5 Å². The first-order valence-corrected chi connectivity index (χ1v) is 14.7. The highest BCUT2D eigenvalue weighted by molar-refractivity contribution is 7.92. The molecule has 0 aromatic heterocycles. The standard InChI is InChI=1S/C30H36ClN3O6S/c1-21(29(36)32-30(2,3)4)33(19-22-12-10-11-15-25(22)31)28(35)20-34(41(37,38)24-13-8-7-9-14-24)23-16-17-26(39-5)27(18-23)40-6/h7-18,21H,19-20H2,1-6H3,(H,32,36)/t21-/m1/s1. The molecule has 0 heterocycles. The van der Waals surface area contributed by atoms with Crippen molar-refractivity contribution in [3.05, 3.63) is 83.4 Å². The Morgan fingerprint density at radius 2 is 1.54 bits per heavy atom. The van der Waals surface area contributed by atoms with Gasteiger partial charge in [-0.2, -0.15) is 0 Å². The lowest BCUT2D eigenvalue weighted by molar-refractivity contribution is -0.140. The molecule has 0 aliphatic heterocycles. The zero-order valence-electron chi connectivity index (χ0n) is 24.0. The molecular formula is C30H36ClN3O6S. The molecule has 3 rings (SSSR count). The summed E-state index contributed by atoms with van der Waals surface area (Å²) in [6.07, 6.45) is 0. The zero-order chi connectivity index (χ0) is 30.4. The Hall–Kier alpha value is -3.76. The van der Waals surface area contributed by atoms with Gasteiger partial charge in [-0.05, 0) is 63.6 Å². The second kappa shape index (κ2) is 13.3. The van der Waals surface area contributed by atoms with Gasteiger partial charge >= 0.3 is 0 Å². The molecule has 3 aromatic rings. The zero-order valence-corrected chi connectivity index (χ0v) is 25.6. The van der Waals surface area contributed by atoms with E-state index in [-0.39, 0.29) is 28.8 Å². The molecule has 3 aromatic carbocycles. The maximum absolute atomic E-state index is 14.1. The van der Waals surface area contributed by atoms with Crippen molar-refractivity contribution < 1.29 is 27.5 Å². The van der Waals surface area contributed by atoms with Gasteiger partial charge in [0.05, 0.1) is 24.8 Å². The highest BCUT2D eigenvalue weighted by Crippen LogP contribution is 2.34. The van der Waals surface area contributed by atoms with Crippen LogP contribution in [0.3, 0.4) is 0 Å². The highest BCUT2D eigenvalue weighted by atomic mass is 35.5. The predicted molar refractivity (Wildman–Crippen MR) is 160 cm³/mol. The van der Waals surface area contributed by atoms with Crippen LogP contribution in [0.4, 0.5) is 5.69 Å². The average molecular weight is 602 g/mol. The summed E-state index contributed by atoms with van der Waals surface area (Å²) in [5.41, 5.74) is 0.248. The van der Waals surface area contributed by atoms with Gasteiger partial charge in [-0.3, -0.25) is 13.9 Å². The number of methoxy groups -OCH3 is 2. The number of ether oxygens (including phenoxy) is 2. The second-order valence-electron chi connectivity index (χ2n) is 10.4. The van der Waals surface area contributed by atoms with Crippen LogP contribution in [0.15, 0.2) is 77.7 Å². The van der Waals surface area contributed by atoms with Crippen LogP contribution in [0.1, 0.15) is 33.3 Å². The monoisotopic (exact) mass is 601 g/mol. The predicted octanol–water partition coefficient (Wildman–Crippen LogP) is 4.88. The van der Waals surface area contributed by atoms with Crippen LogP contribution in [0, 0.1) is 0 Å². The van der Waals surface area contributed by atoms with Crippen molar-refractivity contribution in [3.8, 4) is 11.5 Å². The molecule has 0 fully saturated rings. The van der Waals surface area contributed by atoms with Crippen LogP contribution in [-0.2, 0) is 26.2 Å². The van der Waals surface area contributed by atoms with E-state index in [2.05, 4.69) is 5.32 Å². The Balaban J connectivity index is 2.09. The highest BCUT2D eigenvalue weighted by Gasteiger charge is 2.34. The Labute approximate surface area is 247 Å². The maximum atomic E-state index is 14.1. The maximum Gasteiger partial charge on any atom is 0.264 e. The molecule has 0 saturated carbocycles. The summed E-state index contributed by atoms with van der Waals surface area (Å²) >= 11 is 6.41. The van der Waals surface area contributed by atoms with E-state index in [0.29, 0.717) is 16.3 Å². The van der Waals surface area contributed by atoms with Gasteiger partial charge in [0.1, 0.15) is 12.6 Å². The number of hydrogen-bond acceptors (Lipinski definition) is 6. The Morgan fingerprint density at radius 3 is 2.12 bits per heavy atom. The minimum absolute atomic E-state index is 0.00115.